The standard InChI is InChI=1S/C29H43NO/c1-6-10-23-13-16-24(17-14-23)25-18-20-27(21-19-25)29(31)30-28(9-4)26(11-7-2)15-12-22(5)8-3/h13-14,16-22,26,28H,6-12,15H2,1-5H3,(H,30,31). The van der Waals surface area contributed by atoms with Gasteiger partial charge in [-0.25, -0.2) is 0 Å². The Morgan fingerprint density at radius 2 is 1.39 bits per heavy atom. The second-order valence-electron chi connectivity index (χ2n) is 9.15. The molecule has 0 aromatic heterocycles. The predicted molar refractivity (Wildman–Crippen MR) is 135 cm³/mol. The lowest BCUT2D eigenvalue weighted by Crippen LogP contribution is -2.40. The maximum absolute atomic E-state index is 13.0. The quantitative estimate of drug-likeness (QED) is 0.348. The van der Waals surface area contributed by atoms with Crippen LogP contribution in [0.2, 0.25) is 0 Å². The van der Waals surface area contributed by atoms with Crippen LogP contribution in [0.25, 0.3) is 11.1 Å². The average Bonchev–Trinajstić information content (AvgIpc) is 2.80. The minimum Gasteiger partial charge on any atom is -0.349 e. The van der Waals surface area contributed by atoms with Crippen LogP contribution in [0.15, 0.2) is 48.5 Å². The van der Waals surface area contributed by atoms with Gasteiger partial charge in [0, 0.05) is 11.6 Å². The van der Waals surface area contributed by atoms with E-state index < -0.39 is 0 Å². The molecule has 2 nitrogen and oxygen atoms in total. The highest BCUT2D eigenvalue weighted by molar-refractivity contribution is 5.94. The maximum atomic E-state index is 13.0. The summed E-state index contributed by atoms with van der Waals surface area (Å²) >= 11 is 0. The fraction of sp³-hybridized carbons (Fsp3) is 0.552. The van der Waals surface area contributed by atoms with Crippen molar-refractivity contribution in [3.8, 4) is 11.1 Å². The number of hydrogen-bond acceptors (Lipinski definition) is 1. The van der Waals surface area contributed by atoms with Gasteiger partial charge in [-0.3, -0.25) is 4.79 Å². The van der Waals surface area contributed by atoms with Gasteiger partial charge in [0.15, 0.2) is 0 Å². The van der Waals surface area contributed by atoms with Crippen LogP contribution >= 0.6 is 0 Å². The lowest BCUT2D eigenvalue weighted by Gasteiger charge is -2.28. The number of benzene rings is 2. The van der Waals surface area contributed by atoms with E-state index in [0.717, 1.165) is 29.9 Å². The third-order valence-electron chi connectivity index (χ3n) is 6.69. The Morgan fingerprint density at radius 3 is 1.90 bits per heavy atom. The Balaban J connectivity index is 2.03. The molecule has 2 aromatic carbocycles. The van der Waals surface area contributed by atoms with E-state index in [1.807, 2.05) is 12.1 Å². The van der Waals surface area contributed by atoms with Gasteiger partial charge < -0.3 is 5.32 Å². The van der Waals surface area contributed by atoms with E-state index in [2.05, 4.69) is 76.3 Å². The van der Waals surface area contributed by atoms with Gasteiger partial charge in [0.1, 0.15) is 0 Å². The largest absolute Gasteiger partial charge is 0.349 e. The Kier molecular flexibility index (Phi) is 10.8. The molecular formula is C29H43NO. The topological polar surface area (TPSA) is 29.1 Å². The lowest BCUT2D eigenvalue weighted by molar-refractivity contribution is 0.0914. The van der Waals surface area contributed by atoms with E-state index in [1.165, 1.54) is 49.7 Å². The van der Waals surface area contributed by atoms with Crippen LogP contribution in [0.5, 0.6) is 0 Å². The zero-order valence-corrected chi connectivity index (χ0v) is 20.4. The number of rotatable bonds is 13. The van der Waals surface area contributed by atoms with Gasteiger partial charge in [-0.15, -0.1) is 0 Å². The van der Waals surface area contributed by atoms with Crippen molar-refractivity contribution in [1.29, 1.82) is 0 Å². The van der Waals surface area contributed by atoms with Crippen LogP contribution in [0.3, 0.4) is 0 Å². The lowest BCUT2D eigenvalue weighted by atomic mass is 9.85. The minimum atomic E-state index is 0.0568. The number of carbonyl (C=O) groups is 1. The molecule has 3 atom stereocenters. The number of amides is 1. The van der Waals surface area contributed by atoms with Crippen molar-refractivity contribution in [1.82, 2.24) is 5.32 Å². The summed E-state index contributed by atoms with van der Waals surface area (Å²) in [6.07, 6.45) is 9.31. The Bertz CT molecular complexity index is 762. The van der Waals surface area contributed by atoms with Crippen LogP contribution < -0.4 is 5.32 Å². The molecule has 0 heterocycles. The van der Waals surface area contributed by atoms with Crippen LogP contribution in [-0.2, 0) is 6.42 Å². The van der Waals surface area contributed by atoms with E-state index in [9.17, 15) is 4.79 Å². The highest BCUT2D eigenvalue weighted by Crippen LogP contribution is 2.25. The summed E-state index contributed by atoms with van der Waals surface area (Å²) in [5.74, 6) is 1.38. The first-order valence-electron chi connectivity index (χ1n) is 12.5. The molecule has 0 aliphatic carbocycles. The van der Waals surface area contributed by atoms with Gasteiger partial charge >= 0.3 is 0 Å². The van der Waals surface area contributed by atoms with Crippen LogP contribution in [0.4, 0.5) is 0 Å². The fourth-order valence-electron chi connectivity index (χ4n) is 4.39. The number of hydrogen-bond donors (Lipinski definition) is 1. The zero-order chi connectivity index (χ0) is 22.6. The summed E-state index contributed by atoms with van der Waals surface area (Å²) in [6.45, 7) is 11.3. The van der Waals surface area contributed by atoms with Gasteiger partial charge in [-0.1, -0.05) is 96.7 Å². The first-order valence-corrected chi connectivity index (χ1v) is 12.5. The maximum Gasteiger partial charge on any atom is 0.251 e. The van der Waals surface area contributed by atoms with Crippen molar-refractivity contribution in [3.05, 3.63) is 59.7 Å². The molecule has 0 saturated heterocycles. The summed E-state index contributed by atoms with van der Waals surface area (Å²) < 4.78 is 0. The van der Waals surface area contributed by atoms with E-state index in [1.54, 1.807) is 0 Å². The van der Waals surface area contributed by atoms with Gasteiger partial charge in [0.2, 0.25) is 0 Å². The predicted octanol–water partition coefficient (Wildman–Crippen LogP) is 8.06. The van der Waals surface area contributed by atoms with E-state index >= 15 is 0 Å². The number of carbonyl (C=O) groups excluding carboxylic acids is 1. The molecule has 2 heteroatoms. The molecule has 0 fully saturated rings. The van der Waals surface area contributed by atoms with Crippen molar-refractivity contribution in [3.63, 3.8) is 0 Å². The molecule has 1 amide bonds. The SMILES string of the molecule is CCCc1ccc(-c2ccc(C(=O)NC(CC)C(CCC)CCC(C)CC)cc2)cc1. The average molecular weight is 422 g/mol. The molecule has 31 heavy (non-hydrogen) atoms. The van der Waals surface area contributed by atoms with Crippen molar-refractivity contribution < 1.29 is 4.79 Å². The van der Waals surface area contributed by atoms with Crippen molar-refractivity contribution in [2.75, 3.05) is 0 Å². The summed E-state index contributed by atoms with van der Waals surface area (Å²) in [7, 11) is 0. The zero-order valence-electron chi connectivity index (χ0n) is 20.4. The molecular weight excluding hydrogens is 378 g/mol. The molecule has 2 rings (SSSR count). The third-order valence-corrected chi connectivity index (χ3v) is 6.69. The molecule has 1 N–H and O–H groups in total. The second-order valence-corrected chi connectivity index (χ2v) is 9.15. The summed E-state index contributed by atoms with van der Waals surface area (Å²) in [5, 5.41) is 3.35. The summed E-state index contributed by atoms with van der Waals surface area (Å²) in [5.41, 5.74) is 4.49. The minimum absolute atomic E-state index is 0.0568. The molecule has 0 aliphatic heterocycles. The van der Waals surface area contributed by atoms with E-state index in [4.69, 9.17) is 0 Å². The highest BCUT2D eigenvalue weighted by atomic mass is 16.1. The van der Waals surface area contributed by atoms with Crippen LogP contribution in [-0.4, -0.2) is 11.9 Å². The van der Waals surface area contributed by atoms with Gasteiger partial charge in [0.05, 0.1) is 0 Å². The third kappa shape index (κ3) is 7.83. The smallest absolute Gasteiger partial charge is 0.251 e. The molecule has 2 aromatic rings. The molecule has 3 unspecified atom stereocenters. The molecule has 0 bridgehead atoms. The van der Waals surface area contributed by atoms with Crippen molar-refractivity contribution in [2.45, 2.75) is 92.0 Å². The van der Waals surface area contributed by atoms with E-state index in [0.29, 0.717) is 5.92 Å². The molecule has 0 spiro atoms. The summed E-state index contributed by atoms with van der Waals surface area (Å²) in [6, 6.07) is 17.1. The Hall–Kier alpha value is -2.09. The van der Waals surface area contributed by atoms with Gasteiger partial charge in [-0.2, -0.15) is 0 Å². The second kappa shape index (κ2) is 13.3. The number of aryl methyl sites for hydroxylation is 1. The molecule has 0 saturated carbocycles. The molecule has 0 radical (unpaired) electrons. The van der Waals surface area contributed by atoms with Crippen LogP contribution in [0.1, 0.15) is 95.5 Å². The molecule has 170 valence electrons. The normalized spacial score (nSPS) is 14.1. The highest BCUT2D eigenvalue weighted by Gasteiger charge is 2.22. The van der Waals surface area contributed by atoms with Crippen molar-refractivity contribution >= 4 is 5.91 Å². The molecule has 0 aliphatic rings. The van der Waals surface area contributed by atoms with E-state index in [-0.39, 0.29) is 11.9 Å². The monoisotopic (exact) mass is 421 g/mol. The Morgan fingerprint density at radius 1 is 0.774 bits per heavy atom. The van der Waals surface area contributed by atoms with Gasteiger partial charge in [-0.05, 0) is 66.3 Å². The first kappa shape index (κ1) is 25.2. The first-order chi connectivity index (χ1) is 15.0. The Labute approximate surface area is 190 Å². The van der Waals surface area contributed by atoms with Gasteiger partial charge in [0.25, 0.3) is 5.91 Å². The van der Waals surface area contributed by atoms with Crippen molar-refractivity contribution in [2.24, 2.45) is 11.8 Å². The fourth-order valence-corrected chi connectivity index (χ4v) is 4.39. The summed E-state index contributed by atoms with van der Waals surface area (Å²) in [4.78, 5) is 13.0. The van der Waals surface area contributed by atoms with Crippen LogP contribution in [0, 0.1) is 11.8 Å². The number of nitrogens with one attached hydrogen (secondary N) is 1.